The number of carboxylic acid groups (broad SMARTS) is 1. The van der Waals surface area contributed by atoms with Crippen LogP contribution in [0.4, 0.5) is 4.39 Å². The van der Waals surface area contributed by atoms with Crippen molar-refractivity contribution >= 4 is 11.9 Å². The molecule has 2 aromatic carbocycles. The molecule has 2 rings (SSSR count). The van der Waals surface area contributed by atoms with Crippen LogP contribution in [-0.2, 0) is 4.79 Å². The quantitative estimate of drug-likeness (QED) is 0.804. The van der Waals surface area contributed by atoms with E-state index in [2.05, 4.69) is 5.32 Å². The third kappa shape index (κ3) is 4.94. The minimum atomic E-state index is -1.19. The van der Waals surface area contributed by atoms with E-state index >= 15 is 0 Å². The van der Waals surface area contributed by atoms with Crippen LogP contribution >= 0.6 is 0 Å². The third-order valence-electron chi connectivity index (χ3n) is 3.52. The number of carboxylic acids is 1. The van der Waals surface area contributed by atoms with Crippen LogP contribution in [0.5, 0.6) is 11.5 Å². The fraction of sp³-hybridized carbons (Fsp3) is 0.222. The molecule has 0 heterocycles. The second-order valence-corrected chi connectivity index (χ2v) is 5.30. The maximum absolute atomic E-state index is 12.9. The van der Waals surface area contributed by atoms with E-state index in [1.54, 1.807) is 25.1 Å². The van der Waals surface area contributed by atoms with Crippen LogP contribution < -0.4 is 14.8 Å². The lowest BCUT2D eigenvalue weighted by Crippen LogP contribution is -2.31. The number of hydrogen-bond donors (Lipinski definition) is 2. The molecule has 25 heavy (non-hydrogen) atoms. The normalized spacial score (nSPS) is 11.5. The summed E-state index contributed by atoms with van der Waals surface area (Å²) in [5, 5.41) is 11.9. The summed E-state index contributed by atoms with van der Waals surface area (Å²) in [4.78, 5) is 23.2. The summed E-state index contributed by atoms with van der Waals surface area (Å²) in [5.41, 5.74) is 0.643. The predicted octanol–water partition coefficient (Wildman–Crippen LogP) is 2.79. The molecule has 2 N–H and O–H groups in total. The molecule has 2 aromatic rings. The molecular formula is C18H18FNO5. The Balaban J connectivity index is 1.97. The zero-order chi connectivity index (χ0) is 18.4. The van der Waals surface area contributed by atoms with E-state index in [1.165, 1.54) is 31.4 Å². The van der Waals surface area contributed by atoms with Crippen molar-refractivity contribution in [2.75, 3.05) is 13.7 Å². The second-order valence-electron chi connectivity index (χ2n) is 5.30. The first-order valence-corrected chi connectivity index (χ1v) is 7.49. The van der Waals surface area contributed by atoms with Crippen LogP contribution in [0.2, 0.25) is 0 Å². The maximum Gasteiger partial charge on any atom is 0.339 e. The van der Waals surface area contributed by atoms with Crippen LogP contribution in [0.1, 0.15) is 28.9 Å². The molecule has 0 saturated carbocycles. The number of carbonyl (C=O) groups is 2. The van der Waals surface area contributed by atoms with Crippen molar-refractivity contribution in [3.05, 3.63) is 59.4 Å². The molecule has 0 saturated heterocycles. The average molecular weight is 347 g/mol. The van der Waals surface area contributed by atoms with Gasteiger partial charge in [0.05, 0.1) is 13.2 Å². The third-order valence-corrected chi connectivity index (χ3v) is 3.52. The molecule has 7 heteroatoms. The largest absolute Gasteiger partial charge is 0.497 e. The van der Waals surface area contributed by atoms with Gasteiger partial charge in [-0.3, -0.25) is 4.79 Å². The van der Waals surface area contributed by atoms with Gasteiger partial charge in [-0.05, 0) is 42.8 Å². The molecule has 1 amide bonds. The molecule has 0 bridgehead atoms. The van der Waals surface area contributed by atoms with Gasteiger partial charge >= 0.3 is 5.97 Å². The van der Waals surface area contributed by atoms with Crippen molar-refractivity contribution in [2.24, 2.45) is 0 Å². The SMILES string of the molecule is COc1ccc(OCC(=O)NC(C)c2ccc(F)cc2)c(C(=O)O)c1. The predicted molar refractivity (Wildman–Crippen MR) is 88.4 cm³/mol. The zero-order valence-electron chi connectivity index (χ0n) is 13.8. The van der Waals surface area contributed by atoms with Gasteiger partial charge in [0.15, 0.2) is 6.61 Å². The maximum atomic E-state index is 12.9. The Morgan fingerprint density at radius 1 is 1.20 bits per heavy atom. The number of methoxy groups -OCH3 is 1. The number of nitrogens with one attached hydrogen (secondary N) is 1. The van der Waals surface area contributed by atoms with E-state index in [1.807, 2.05) is 0 Å². The van der Waals surface area contributed by atoms with Crippen molar-refractivity contribution in [3.8, 4) is 11.5 Å². The van der Waals surface area contributed by atoms with Crippen LogP contribution in [0.25, 0.3) is 0 Å². The fourth-order valence-corrected chi connectivity index (χ4v) is 2.19. The molecule has 6 nitrogen and oxygen atoms in total. The van der Waals surface area contributed by atoms with E-state index in [-0.39, 0.29) is 29.8 Å². The second kappa shape index (κ2) is 8.14. The Bertz CT molecular complexity index is 761. The zero-order valence-corrected chi connectivity index (χ0v) is 13.8. The van der Waals surface area contributed by atoms with E-state index in [0.29, 0.717) is 5.75 Å². The summed E-state index contributed by atoms with van der Waals surface area (Å²) in [6, 6.07) is 9.72. The number of rotatable bonds is 7. The number of halogens is 1. The lowest BCUT2D eigenvalue weighted by molar-refractivity contribution is -0.123. The van der Waals surface area contributed by atoms with Crippen LogP contribution in [0.15, 0.2) is 42.5 Å². The molecule has 0 aliphatic carbocycles. The van der Waals surface area contributed by atoms with Gasteiger partial charge in [0, 0.05) is 0 Å². The first-order valence-electron chi connectivity index (χ1n) is 7.49. The molecule has 0 aliphatic heterocycles. The Hall–Kier alpha value is -3.09. The van der Waals surface area contributed by atoms with Gasteiger partial charge < -0.3 is 19.9 Å². The van der Waals surface area contributed by atoms with Crippen molar-refractivity contribution in [3.63, 3.8) is 0 Å². The van der Waals surface area contributed by atoms with Crippen molar-refractivity contribution in [2.45, 2.75) is 13.0 Å². The molecule has 0 spiro atoms. The highest BCUT2D eigenvalue weighted by molar-refractivity contribution is 5.91. The summed E-state index contributed by atoms with van der Waals surface area (Å²) >= 11 is 0. The Labute approximate surface area is 144 Å². The number of benzene rings is 2. The molecule has 0 aliphatic rings. The van der Waals surface area contributed by atoms with Gasteiger partial charge in [-0.25, -0.2) is 9.18 Å². The summed E-state index contributed by atoms with van der Waals surface area (Å²) in [6.45, 7) is 1.40. The standard InChI is InChI=1S/C18H18FNO5/c1-11(12-3-5-13(19)6-4-12)20-17(21)10-25-16-8-7-14(24-2)9-15(16)18(22)23/h3-9,11H,10H2,1-2H3,(H,20,21)(H,22,23). The molecule has 1 atom stereocenters. The molecule has 0 fully saturated rings. The number of hydrogen-bond acceptors (Lipinski definition) is 4. The van der Waals surface area contributed by atoms with Crippen LogP contribution in [0, 0.1) is 5.82 Å². The monoisotopic (exact) mass is 347 g/mol. The minimum absolute atomic E-state index is 0.0675. The number of ether oxygens (including phenoxy) is 2. The Morgan fingerprint density at radius 2 is 1.88 bits per heavy atom. The average Bonchev–Trinajstić information content (AvgIpc) is 2.60. The Morgan fingerprint density at radius 3 is 2.48 bits per heavy atom. The van der Waals surface area contributed by atoms with E-state index in [9.17, 15) is 19.1 Å². The minimum Gasteiger partial charge on any atom is -0.497 e. The fourth-order valence-electron chi connectivity index (χ4n) is 2.19. The summed E-state index contributed by atoms with van der Waals surface area (Å²) in [5.74, 6) is -1.53. The van der Waals surface area contributed by atoms with Gasteiger partial charge in [0.2, 0.25) is 0 Å². The van der Waals surface area contributed by atoms with E-state index in [4.69, 9.17) is 9.47 Å². The van der Waals surface area contributed by atoms with Gasteiger partial charge in [-0.2, -0.15) is 0 Å². The lowest BCUT2D eigenvalue weighted by atomic mass is 10.1. The van der Waals surface area contributed by atoms with Crippen LogP contribution in [0.3, 0.4) is 0 Å². The highest BCUT2D eigenvalue weighted by atomic mass is 19.1. The topological polar surface area (TPSA) is 84.9 Å². The number of aromatic carboxylic acids is 1. The number of amides is 1. The Kier molecular flexibility index (Phi) is 5.94. The molecule has 0 aromatic heterocycles. The first-order chi connectivity index (χ1) is 11.9. The van der Waals surface area contributed by atoms with Gasteiger partial charge in [0.25, 0.3) is 5.91 Å². The lowest BCUT2D eigenvalue weighted by Gasteiger charge is -2.15. The van der Waals surface area contributed by atoms with Crippen LogP contribution in [-0.4, -0.2) is 30.7 Å². The van der Waals surface area contributed by atoms with Gasteiger partial charge in [-0.1, -0.05) is 12.1 Å². The van der Waals surface area contributed by atoms with Crippen molar-refractivity contribution < 1.29 is 28.6 Å². The smallest absolute Gasteiger partial charge is 0.339 e. The highest BCUT2D eigenvalue weighted by Crippen LogP contribution is 2.24. The van der Waals surface area contributed by atoms with Crippen molar-refractivity contribution in [1.29, 1.82) is 0 Å². The molecule has 0 radical (unpaired) electrons. The first kappa shape index (κ1) is 18.3. The van der Waals surface area contributed by atoms with E-state index in [0.717, 1.165) is 5.56 Å². The van der Waals surface area contributed by atoms with Crippen molar-refractivity contribution in [1.82, 2.24) is 5.32 Å². The highest BCUT2D eigenvalue weighted by Gasteiger charge is 2.15. The number of carbonyl (C=O) groups excluding carboxylic acids is 1. The summed E-state index contributed by atoms with van der Waals surface area (Å²) in [6.07, 6.45) is 0. The van der Waals surface area contributed by atoms with Gasteiger partial charge in [-0.15, -0.1) is 0 Å². The molecular weight excluding hydrogens is 329 g/mol. The molecule has 132 valence electrons. The van der Waals surface area contributed by atoms with Gasteiger partial charge in [0.1, 0.15) is 22.9 Å². The summed E-state index contributed by atoms with van der Waals surface area (Å²) in [7, 11) is 1.42. The summed E-state index contributed by atoms with van der Waals surface area (Å²) < 4.78 is 23.2. The van der Waals surface area contributed by atoms with E-state index < -0.39 is 11.9 Å². The molecule has 1 unspecified atom stereocenters.